The van der Waals surface area contributed by atoms with E-state index in [9.17, 15) is 19.2 Å². The Kier molecular flexibility index (Phi) is 5.55. The molecule has 0 bridgehead atoms. The molecule has 180 valence electrons. The maximum Gasteiger partial charge on any atom is 0.352 e. The van der Waals surface area contributed by atoms with Gasteiger partial charge in [-0.3, -0.25) is 9.59 Å². The lowest BCUT2D eigenvalue weighted by atomic mass is 9.65. The van der Waals surface area contributed by atoms with E-state index in [2.05, 4.69) is 0 Å². The lowest BCUT2D eigenvalue weighted by Crippen LogP contribution is -2.51. The summed E-state index contributed by atoms with van der Waals surface area (Å²) in [5.41, 5.74) is -0.438. The first-order valence-corrected chi connectivity index (χ1v) is 11.4. The number of allylic oxidation sites excluding steroid dienone is 1. The number of benzene rings is 2. The van der Waals surface area contributed by atoms with Gasteiger partial charge in [0.05, 0.1) is 26.5 Å². The number of hydrogen-bond donors (Lipinski definition) is 0. The second kappa shape index (κ2) is 8.57. The van der Waals surface area contributed by atoms with Crippen LogP contribution in [-0.4, -0.2) is 40.1 Å². The van der Waals surface area contributed by atoms with Crippen LogP contribution < -0.4 is 11.4 Å². The molecule has 0 spiro atoms. The van der Waals surface area contributed by atoms with Crippen molar-refractivity contribution >= 4 is 11.9 Å². The predicted molar refractivity (Wildman–Crippen MR) is 126 cm³/mol. The zero-order valence-electron chi connectivity index (χ0n) is 19.5. The van der Waals surface area contributed by atoms with Gasteiger partial charge in [0.2, 0.25) is 0 Å². The number of hydrogen-bond acceptors (Lipinski definition) is 6. The van der Waals surface area contributed by atoms with Gasteiger partial charge in [0.25, 0.3) is 0 Å². The molecule has 3 aromatic rings. The Bertz CT molecular complexity index is 1430. The van der Waals surface area contributed by atoms with Crippen LogP contribution in [-0.2, 0) is 25.6 Å². The summed E-state index contributed by atoms with van der Waals surface area (Å²) in [6.45, 7) is 0.0856. The SMILES string of the molecule is COC(=O)C1(C(=O)OC)CCCC2=C1C(c1ccccc1)n1c(=O)n(-c3ccccc3)c(=O)n1C2. The number of fused-ring (bicyclic) bond motifs is 1. The number of para-hydroxylation sites is 1. The van der Waals surface area contributed by atoms with Gasteiger partial charge in [-0.05, 0) is 48.1 Å². The quantitative estimate of drug-likeness (QED) is 0.326. The van der Waals surface area contributed by atoms with Crippen LogP contribution in [0.3, 0.4) is 0 Å². The summed E-state index contributed by atoms with van der Waals surface area (Å²) < 4.78 is 14.1. The topological polar surface area (TPSA) is 102 Å². The molecular formula is C26H25N3O6. The van der Waals surface area contributed by atoms with Crippen molar-refractivity contribution in [2.75, 3.05) is 14.2 Å². The van der Waals surface area contributed by atoms with Crippen molar-refractivity contribution in [3.05, 3.63) is 98.3 Å². The molecule has 2 aliphatic rings. The van der Waals surface area contributed by atoms with Gasteiger partial charge in [0.15, 0.2) is 5.41 Å². The predicted octanol–water partition coefficient (Wildman–Crippen LogP) is 2.22. The first kappa shape index (κ1) is 22.6. The van der Waals surface area contributed by atoms with E-state index in [0.717, 1.165) is 10.1 Å². The van der Waals surface area contributed by atoms with E-state index in [1.54, 1.807) is 30.3 Å². The lowest BCUT2D eigenvalue weighted by Gasteiger charge is -2.42. The van der Waals surface area contributed by atoms with Crippen LogP contribution in [0, 0.1) is 5.41 Å². The summed E-state index contributed by atoms with van der Waals surface area (Å²) in [5, 5.41) is 0. The highest BCUT2D eigenvalue weighted by Gasteiger charge is 2.57. The van der Waals surface area contributed by atoms with Crippen LogP contribution in [0.5, 0.6) is 0 Å². The van der Waals surface area contributed by atoms with Crippen molar-refractivity contribution in [1.82, 2.24) is 13.9 Å². The molecule has 1 aliphatic heterocycles. The molecule has 5 rings (SSSR count). The summed E-state index contributed by atoms with van der Waals surface area (Å²) in [4.78, 5) is 53.9. The molecule has 0 saturated carbocycles. The maximum absolute atomic E-state index is 13.8. The van der Waals surface area contributed by atoms with E-state index < -0.39 is 34.8 Å². The molecule has 1 unspecified atom stereocenters. The number of methoxy groups -OCH3 is 2. The highest BCUT2D eigenvalue weighted by atomic mass is 16.5. The molecule has 9 heteroatoms. The molecule has 0 fully saturated rings. The number of esters is 2. The van der Waals surface area contributed by atoms with Crippen LogP contribution >= 0.6 is 0 Å². The first-order chi connectivity index (χ1) is 17.0. The molecule has 1 aromatic heterocycles. The summed E-state index contributed by atoms with van der Waals surface area (Å²) in [6.07, 6.45) is 1.29. The number of nitrogens with zero attached hydrogens (tertiary/aromatic N) is 3. The molecule has 0 amide bonds. The standard InChI is InChI=1S/C26H25N3O6/c1-34-22(30)26(23(31)35-2)15-9-12-18-16-27-24(32)28(19-13-7-4-8-14-19)25(33)29(27)21(20(18)26)17-10-5-3-6-11-17/h3-8,10-11,13-14,21H,9,12,15-16H2,1-2H3. The van der Waals surface area contributed by atoms with E-state index in [4.69, 9.17) is 9.47 Å². The Morgan fingerprint density at radius 1 is 0.886 bits per heavy atom. The number of rotatable bonds is 4. The third-order valence-corrected chi connectivity index (χ3v) is 6.99. The van der Waals surface area contributed by atoms with Crippen LogP contribution in [0.15, 0.2) is 81.4 Å². The molecule has 35 heavy (non-hydrogen) atoms. The lowest BCUT2D eigenvalue weighted by molar-refractivity contribution is -0.167. The number of aromatic nitrogens is 3. The van der Waals surface area contributed by atoms with Gasteiger partial charge in [-0.25, -0.2) is 23.5 Å². The molecule has 0 N–H and O–H groups in total. The first-order valence-electron chi connectivity index (χ1n) is 11.4. The van der Waals surface area contributed by atoms with Crippen LogP contribution in [0.1, 0.15) is 30.9 Å². The molecule has 1 atom stereocenters. The second-order valence-corrected chi connectivity index (χ2v) is 8.71. The van der Waals surface area contributed by atoms with E-state index in [-0.39, 0.29) is 13.0 Å². The largest absolute Gasteiger partial charge is 0.468 e. The Hall–Kier alpha value is -4.14. The zero-order chi connectivity index (χ0) is 24.7. The van der Waals surface area contributed by atoms with Crippen molar-refractivity contribution in [2.24, 2.45) is 5.41 Å². The van der Waals surface area contributed by atoms with Crippen molar-refractivity contribution in [1.29, 1.82) is 0 Å². The fraction of sp³-hybridized carbons (Fsp3) is 0.308. The summed E-state index contributed by atoms with van der Waals surface area (Å²) >= 11 is 0. The van der Waals surface area contributed by atoms with E-state index >= 15 is 0 Å². The van der Waals surface area contributed by atoms with Crippen molar-refractivity contribution < 1.29 is 19.1 Å². The highest BCUT2D eigenvalue weighted by Crippen LogP contribution is 2.51. The third-order valence-electron chi connectivity index (χ3n) is 6.99. The Balaban J connectivity index is 1.86. The molecule has 0 radical (unpaired) electrons. The number of carbonyl (C=O) groups excluding carboxylic acids is 2. The zero-order valence-corrected chi connectivity index (χ0v) is 19.5. The van der Waals surface area contributed by atoms with Gasteiger partial charge in [0.1, 0.15) is 6.04 Å². The normalized spacial score (nSPS) is 18.4. The fourth-order valence-electron chi connectivity index (χ4n) is 5.52. The summed E-state index contributed by atoms with van der Waals surface area (Å²) in [5.74, 6) is -1.47. The minimum atomic E-state index is -1.72. The van der Waals surface area contributed by atoms with Crippen LogP contribution in [0.2, 0.25) is 0 Å². The van der Waals surface area contributed by atoms with Gasteiger partial charge < -0.3 is 9.47 Å². The van der Waals surface area contributed by atoms with Gasteiger partial charge in [-0.2, -0.15) is 0 Å². The highest BCUT2D eigenvalue weighted by molar-refractivity contribution is 6.04. The van der Waals surface area contributed by atoms with Gasteiger partial charge in [0, 0.05) is 0 Å². The average molecular weight is 476 g/mol. The van der Waals surface area contributed by atoms with Crippen molar-refractivity contribution in [3.63, 3.8) is 0 Å². The Morgan fingerprint density at radius 3 is 2.09 bits per heavy atom. The average Bonchev–Trinajstić information content (AvgIpc) is 3.16. The fourth-order valence-corrected chi connectivity index (χ4v) is 5.52. The summed E-state index contributed by atoms with van der Waals surface area (Å²) in [6, 6.07) is 16.9. The maximum atomic E-state index is 13.8. The minimum absolute atomic E-state index is 0.0856. The van der Waals surface area contributed by atoms with Crippen molar-refractivity contribution in [2.45, 2.75) is 31.8 Å². The molecule has 2 heterocycles. The van der Waals surface area contributed by atoms with E-state index in [0.29, 0.717) is 29.7 Å². The smallest absolute Gasteiger partial charge is 0.352 e. The van der Waals surface area contributed by atoms with Crippen LogP contribution in [0.25, 0.3) is 5.69 Å². The molecule has 2 aromatic carbocycles. The second-order valence-electron chi connectivity index (χ2n) is 8.71. The van der Waals surface area contributed by atoms with E-state index in [1.807, 2.05) is 30.3 Å². The Labute approximate surface area is 200 Å². The van der Waals surface area contributed by atoms with Crippen LogP contribution in [0.4, 0.5) is 0 Å². The Morgan fingerprint density at radius 2 is 1.49 bits per heavy atom. The molecule has 1 aliphatic carbocycles. The van der Waals surface area contributed by atoms with Gasteiger partial charge >= 0.3 is 23.3 Å². The van der Waals surface area contributed by atoms with Crippen molar-refractivity contribution in [3.8, 4) is 5.69 Å². The van der Waals surface area contributed by atoms with Gasteiger partial charge in [-0.15, -0.1) is 0 Å². The van der Waals surface area contributed by atoms with E-state index in [1.165, 1.54) is 23.6 Å². The molecule has 0 saturated heterocycles. The number of ether oxygens (including phenoxy) is 2. The third kappa shape index (κ3) is 3.22. The summed E-state index contributed by atoms with van der Waals surface area (Å²) in [7, 11) is 2.46. The minimum Gasteiger partial charge on any atom is -0.468 e. The molecular weight excluding hydrogens is 450 g/mol. The monoisotopic (exact) mass is 475 g/mol. The van der Waals surface area contributed by atoms with Gasteiger partial charge in [-0.1, -0.05) is 48.5 Å². The number of carbonyl (C=O) groups is 2. The molecule has 9 nitrogen and oxygen atoms in total.